The standard InChI is InChI=1S/C30H31N3O4/c1-32-26(34)19-30(29(32)37,24-12-10-22(11-13-24)21-7-3-2-4-8-21)20-27(35)33-17-14-23(15-18-33)28(36)25-9-5-6-16-31-25/h2-13,16,23,28,36H,14-15,17-20H2,1H3/t28-,30-/m0/s1. The second kappa shape index (κ2) is 10.3. The monoisotopic (exact) mass is 497 g/mol. The highest BCUT2D eigenvalue weighted by Gasteiger charge is 2.53. The molecule has 2 aromatic carbocycles. The number of hydrogen-bond acceptors (Lipinski definition) is 5. The number of carbonyl (C=O) groups excluding carboxylic acids is 3. The molecule has 190 valence electrons. The Hall–Kier alpha value is -3.84. The van der Waals surface area contributed by atoms with E-state index in [1.165, 1.54) is 7.05 Å². The highest BCUT2D eigenvalue weighted by molar-refractivity contribution is 6.10. The summed E-state index contributed by atoms with van der Waals surface area (Å²) in [6.45, 7) is 0.989. The molecule has 7 nitrogen and oxygen atoms in total. The van der Waals surface area contributed by atoms with Crippen molar-refractivity contribution >= 4 is 17.7 Å². The SMILES string of the molecule is CN1C(=O)C[C@](CC(=O)N2CCC([C@H](O)c3ccccn3)CC2)(c2ccc(-c3ccccc3)cc2)C1=O. The second-order valence-electron chi connectivity index (χ2n) is 10.1. The molecule has 1 N–H and O–H groups in total. The summed E-state index contributed by atoms with van der Waals surface area (Å²) >= 11 is 0. The highest BCUT2D eigenvalue weighted by Crippen LogP contribution is 2.41. The molecule has 0 radical (unpaired) electrons. The Morgan fingerprint density at radius 3 is 2.22 bits per heavy atom. The Labute approximate surface area is 216 Å². The molecule has 2 atom stereocenters. The van der Waals surface area contributed by atoms with Gasteiger partial charge in [0.2, 0.25) is 17.7 Å². The fourth-order valence-electron chi connectivity index (χ4n) is 5.59. The van der Waals surface area contributed by atoms with Gasteiger partial charge in [-0.1, -0.05) is 60.7 Å². The van der Waals surface area contributed by atoms with Crippen LogP contribution in [0.5, 0.6) is 0 Å². The van der Waals surface area contributed by atoms with Gasteiger partial charge >= 0.3 is 0 Å². The molecule has 0 unspecified atom stereocenters. The summed E-state index contributed by atoms with van der Waals surface area (Å²) in [6, 6.07) is 23.0. The molecular formula is C30H31N3O4. The highest BCUT2D eigenvalue weighted by atomic mass is 16.3. The third-order valence-corrected chi connectivity index (χ3v) is 7.87. The maximum atomic E-state index is 13.5. The molecule has 2 saturated heterocycles. The number of likely N-dealkylation sites (N-methyl/N-ethyl adjacent to an activating group) is 1. The van der Waals surface area contributed by atoms with Crippen LogP contribution < -0.4 is 0 Å². The molecule has 37 heavy (non-hydrogen) atoms. The van der Waals surface area contributed by atoms with Crippen molar-refractivity contribution in [2.45, 2.75) is 37.2 Å². The van der Waals surface area contributed by atoms with Crippen molar-refractivity contribution in [3.05, 3.63) is 90.3 Å². The number of likely N-dealkylation sites (tertiary alicyclic amines) is 2. The molecule has 2 fully saturated rings. The van der Waals surface area contributed by atoms with Gasteiger partial charge in [-0.3, -0.25) is 24.3 Å². The lowest BCUT2D eigenvalue weighted by molar-refractivity contribution is -0.142. The normalized spacial score (nSPS) is 21.4. The Bertz CT molecular complexity index is 1270. The molecule has 5 rings (SSSR count). The summed E-state index contributed by atoms with van der Waals surface area (Å²) in [5.41, 5.74) is 2.18. The fraction of sp³-hybridized carbons (Fsp3) is 0.333. The van der Waals surface area contributed by atoms with Crippen LogP contribution in [0.1, 0.15) is 43.0 Å². The van der Waals surface area contributed by atoms with Gasteiger partial charge in [0.25, 0.3) is 0 Å². The zero-order chi connectivity index (χ0) is 26.0. The maximum absolute atomic E-state index is 13.5. The van der Waals surface area contributed by atoms with Crippen LogP contribution in [-0.2, 0) is 19.8 Å². The van der Waals surface area contributed by atoms with Crippen molar-refractivity contribution in [3.63, 3.8) is 0 Å². The smallest absolute Gasteiger partial charge is 0.240 e. The molecular weight excluding hydrogens is 466 g/mol. The second-order valence-corrected chi connectivity index (χ2v) is 10.1. The van der Waals surface area contributed by atoms with Crippen LogP contribution in [0, 0.1) is 5.92 Å². The molecule has 3 amide bonds. The molecule has 3 aromatic rings. The van der Waals surface area contributed by atoms with Crippen molar-refractivity contribution in [3.8, 4) is 11.1 Å². The minimum atomic E-state index is -1.21. The lowest BCUT2D eigenvalue weighted by atomic mass is 9.75. The zero-order valence-electron chi connectivity index (χ0n) is 20.9. The van der Waals surface area contributed by atoms with Gasteiger partial charge in [-0.15, -0.1) is 0 Å². The van der Waals surface area contributed by atoms with E-state index < -0.39 is 11.5 Å². The average Bonchev–Trinajstić information content (AvgIpc) is 3.17. The lowest BCUT2D eigenvalue weighted by Gasteiger charge is -2.36. The van der Waals surface area contributed by atoms with E-state index >= 15 is 0 Å². The molecule has 3 heterocycles. The van der Waals surface area contributed by atoms with E-state index in [4.69, 9.17) is 0 Å². The number of imide groups is 1. The first kappa shape index (κ1) is 24.8. The number of carbonyl (C=O) groups is 3. The van der Waals surface area contributed by atoms with E-state index in [1.54, 1.807) is 11.1 Å². The first-order valence-corrected chi connectivity index (χ1v) is 12.7. The van der Waals surface area contributed by atoms with Crippen LogP contribution in [0.4, 0.5) is 0 Å². The van der Waals surface area contributed by atoms with Crippen LogP contribution in [0.25, 0.3) is 11.1 Å². The van der Waals surface area contributed by atoms with Gasteiger partial charge < -0.3 is 10.0 Å². The first-order valence-electron chi connectivity index (χ1n) is 12.7. The van der Waals surface area contributed by atoms with Crippen LogP contribution >= 0.6 is 0 Å². The van der Waals surface area contributed by atoms with Crippen LogP contribution in [0.15, 0.2) is 79.0 Å². The maximum Gasteiger partial charge on any atom is 0.240 e. The summed E-state index contributed by atoms with van der Waals surface area (Å²) in [5.74, 6) is -0.741. The van der Waals surface area contributed by atoms with Crippen molar-refractivity contribution in [2.75, 3.05) is 20.1 Å². The summed E-state index contributed by atoms with van der Waals surface area (Å²) < 4.78 is 0. The number of benzene rings is 2. The molecule has 0 bridgehead atoms. The molecule has 1 aromatic heterocycles. The van der Waals surface area contributed by atoms with Crippen molar-refractivity contribution in [1.82, 2.24) is 14.8 Å². The molecule has 0 saturated carbocycles. The number of pyridine rings is 1. The molecule has 2 aliphatic heterocycles. The van der Waals surface area contributed by atoms with Gasteiger partial charge in [-0.05, 0) is 47.6 Å². The third kappa shape index (κ3) is 4.79. The number of piperidine rings is 1. The quantitative estimate of drug-likeness (QED) is 0.524. The zero-order valence-corrected chi connectivity index (χ0v) is 20.9. The largest absolute Gasteiger partial charge is 0.387 e. The van der Waals surface area contributed by atoms with Gasteiger partial charge in [-0.2, -0.15) is 0 Å². The van der Waals surface area contributed by atoms with E-state index in [1.807, 2.05) is 72.8 Å². The van der Waals surface area contributed by atoms with Gasteiger partial charge in [0, 0.05) is 39.2 Å². The van der Waals surface area contributed by atoms with Crippen molar-refractivity contribution < 1.29 is 19.5 Å². The van der Waals surface area contributed by atoms with Crippen LogP contribution in [0.3, 0.4) is 0 Å². The minimum Gasteiger partial charge on any atom is -0.387 e. The average molecular weight is 498 g/mol. The fourth-order valence-corrected chi connectivity index (χ4v) is 5.59. The Morgan fingerprint density at radius 1 is 0.973 bits per heavy atom. The number of rotatable bonds is 6. The lowest BCUT2D eigenvalue weighted by Crippen LogP contribution is -2.45. The Kier molecular flexibility index (Phi) is 6.89. The summed E-state index contributed by atoms with van der Waals surface area (Å²) in [5, 5.41) is 10.7. The minimum absolute atomic E-state index is 0.0132. The van der Waals surface area contributed by atoms with E-state index in [0.29, 0.717) is 37.2 Å². The molecule has 0 spiro atoms. The van der Waals surface area contributed by atoms with E-state index in [2.05, 4.69) is 4.98 Å². The van der Waals surface area contributed by atoms with Gasteiger partial charge in [0.1, 0.15) is 0 Å². The summed E-state index contributed by atoms with van der Waals surface area (Å²) in [4.78, 5) is 46.7. The topological polar surface area (TPSA) is 90.8 Å². The van der Waals surface area contributed by atoms with E-state index in [-0.39, 0.29) is 36.5 Å². The first-order chi connectivity index (χ1) is 17.9. The third-order valence-electron chi connectivity index (χ3n) is 7.87. The van der Waals surface area contributed by atoms with Gasteiger partial charge in [-0.25, -0.2) is 0 Å². The molecule has 7 heteroatoms. The van der Waals surface area contributed by atoms with E-state index in [0.717, 1.165) is 16.0 Å². The van der Waals surface area contributed by atoms with Crippen molar-refractivity contribution in [2.24, 2.45) is 5.92 Å². The Balaban J connectivity index is 1.32. The molecule has 0 aliphatic carbocycles. The summed E-state index contributed by atoms with van der Waals surface area (Å²) in [6.07, 6.45) is 2.22. The van der Waals surface area contributed by atoms with Gasteiger partial charge in [0.05, 0.1) is 17.2 Å². The summed E-state index contributed by atoms with van der Waals surface area (Å²) in [7, 11) is 1.49. The van der Waals surface area contributed by atoms with Gasteiger partial charge in [0.15, 0.2) is 0 Å². The number of nitrogens with zero attached hydrogens (tertiary/aromatic N) is 3. The predicted octanol–water partition coefficient (Wildman–Crippen LogP) is 3.74. The number of aliphatic hydroxyl groups excluding tert-OH is 1. The van der Waals surface area contributed by atoms with Crippen molar-refractivity contribution in [1.29, 1.82) is 0 Å². The van der Waals surface area contributed by atoms with Crippen LogP contribution in [-0.4, -0.2) is 57.7 Å². The predicted molar refractivity (Wildman–Crippen MR) is 139 cm³/mol. The Morgan fingerprint density at radius 2 is 1.62 bits per heavy atom. The number of aliphatic hydroxyl groups is 1. The number of amides is 3. The van der Waals surface area contributed by atoms with E-state index in [9.17, 15) is 19.5 Å². The number of aromatic nitrogens is 1. The van der Waals surface area contributed by atoms with Crippen LogP contribution in [0.2, 0.25) is 0 Å². The number of hydrogen-bond donors (Lipinski definition) is 1. The molecule has 2 aliphatic rings.